The van der Waals surface area contributed by atoms with Crippen LogP contribution in [0.4, 0.5) is 5.69 Å². The lowest BCUT2D eigenvalue weighted by atomic mass is 9.93. The molecule has 0 saturated carbocycles. The van der Waals surface area contributed by atoms with Crippen LogP contribution >= 0.6 is 34.8 Å². The van der Waals surface area contributed by atoms with Crippen LogP contribution in [0, 0.1) is 13.8 Å². The van der Waals surface area contributed by atoms with Crippen molar-refractivity contribution in [2.45, 2.75) is 33.1 Å². The van der Waals surface area contributed by atoms with Gasteiger partial charge in [-0.15, -0.1) is 0 Å². The molecule has 0 saturated heterocycles. The van der Waals surface area contributed by atoms with E-state index in [9.17, 15) is 9.59 Å². The van der Waals surface area contributed by atoms with E-state index in [-0.39, 0.29) is 22.3 Å². The molecule has 1 aromatic heterocycles. The molecule has 0 unspecified atom stereocenters. The highest BCUT2D eigenvalue weighted by Crippen LogP contribution is 2.31. The third kappa shape index (κ3) is 4.93. The van der Waals surface area contributed by atoms with Crippen LogP contribution in [0.1, 0.15) is 56.2 Å². The minimum Gasteiger partial charge on any atom is -0.455 e. The van der Waals surface area contributed by atoms with Crippen LogP contribution in [0.2, 0.25) is 15.1 Å². The summed E-state index contributed by atoms with van der Waals surface area (Å²) in [6.07, 6.45) is 2.10. The summed E-state index contributed by atoms with van der Waals surface area (Å²) in [5, 5.41) is 8.47. The molecule has 6 nitrogen and oxygen atoms in total. The Morgan fingerprint density at radius 1 is 0.970 bits per heavy atom. The first-order valence-corrected chi connectivity index (χ1v) is 11.4. The van der Waals surface area contributed by atoms with E-state index in [0.717, 1.165) is 17.5 Å². The number of hydrazone groups is 1. The highest BCUT2D eigenvalue weighted by atomic mass is 35.5. The molecule has 33 heavy (non-hydrogen) atoms. The summed E-state index contributed by atoms with van der Waals surface area (Å²) in [5.74, 6) is 0.0857. The number of hydrogen-bond acceptors (Lipinski definition) is 4. The van der Waals surface area contributed by atoms with E-state index in [4.69, 9.17) is 39.2 Å². The molecule has 1 aliphatic rings. The Morgan fingerprint density at radius 3 is 2.42 bits per heavy atom. The topological polar surface area (TPSA) is 83.7 Å². The number of carbonyl (C=O) groups excluding carboxylic acids is 2. The van der Waals surface area contributed by atoms with E-state index in [2.05, 4.69) is 15.8 Å². The second-order valence-electron chi connectivity index (χ2n) is 7.74. The van der Waals surface area contributed by atoms with Gasteiger partial charge in [0.25, 0.3) is 11.8 Å². The van der Waals surface area contributed by atoms with Gasteiger partial charge in [-0.1, -0.05) is 34.8 Å². The van der Waals surface area contributed by atoms with Crippen molar-refractivity contribution >= 4 is 58.0 Å². The molecule has 170 valence electrons. The molecule has 0 bridgehead atoms. The smallest absolute Gasteiger partial charge is 0.291 e. The molecular weight excluding hydrogens is 485 g/mol. The Bertz CT molecular complexity index is 1300. The molecule has 3 aromatic rings. The number of nitrogens with one attached hydrogen (secondary N) is 2. The van der Waals surface area contributed by atoms with Crippen LogP contribution in [-0.2, 0) is 6.42 Å². The van der Waals surface area contributed by atoms with Crippen LogP contribution in [-0.4, -0.2) is 17.5 Å². The summed E-state index contributed by atoms with van der Waals surface area (Å²) in [6, 6.07) is 9.86. The van der Waals surface area contributed by atoms with Gasteiger partial charge in [0.1, 0.15) is 5.76 Å². The fourth-order valence-corrected chi connectivity index (χ4v) is 4.52. The van der Waals surface area contributed by atoms with Gasteiger partial charge >= 0.3 is 0 Å². The first-order chi connectivity index (χ1) is 15.7. The first kappa shape index (κ1) is 23.4. The Hall–Kier alpha value is -2.80. The zero-order valence-corrected chi connectivity index (χ0v) is 20.2. The van der Waals surface area contributed by atoms with Gasteiger partial charge < -0.3 is 9.73 Å². The number of amides is 2. The molecule has 2 amide bonds. The van der Waals surface area contributed by atoms with Crippen molar-refractivity contribution in [2.24, 2.45) is 5.10 Å². The fraction of sp³-hybridized carbons (Fsp3) is 0.208. The van der Waals surface area contributed by atoms with Crippen molar-refractivity contribution in [3.8, 4) is 0 Å². The number of halogens is 3. The number of furan rings is 1. The molecule has 2 aromatic carbocycles. The third-order valence-corrected chi connectivity index (χ3v) is 6.22. The number of carbonyl (C=O) groups is 2. The van der Waals surface area contributed by atoms with Gasteiger partial charge in [-0.25, -0.2) is 5.43 Å². The van der Waals surface area contributed by atoms with Crippen molar-refractivity contribution in [3.63, 3.8) is 0 Å². The van der Waals surface area contributed by atoms with Crippen LogP contribution in [0.15, 0.2) is 45.9 Å². The standard InChI is InChI=1S/C24H20Cl3N3O3/c1-12-10-14(25)7-9-18(12)28-24(32)22-13(2)21-19(4-3-5-20(21)33-22)29-30-23(31)16-8-6-15(26)11-17(16)27/h6-11H,3-5H2,1-2H3,(H,28,32)(H,30,31)/b29-19+. The lowest BCUT2D eigenvalue weighted by molar-refractivity contribution is 0.0953. The van der Waals surface area contributed by atoms with E-state index in [1.165, 1.54) is 12.1 Å². The maximum Gasteiger partial charge on any atom is 0.291 e. The number of anilines is 1. The highest BCUT2D eigenvalue weighted by Gasteiger charge is 2.28. The van der Waals surface area contributed by atoms with Crippen molar-refractivity contribution in [1.29, 1.82) is 0 Å². The monoisotopic (exact) mass is 503 g/mol. The molecule has 4 rings (SSSR count). The van der Waals surface area contributed by atoms with E-state index >= 15 is 0 Å². The van der Waals surface area contributed by atoms with Crippen molar-refractivity contribution in [2.75, 3.05) is 5.32 Å². The summed E-state index contributed by atoms with van der Waals surface area (Å²) in [6.45, 7) is 3.67. The van der Waals surface area contributed by atoms with Gasteiger partial charge in [0.2, 0.25) is 0 Å². The second-order valence-corrected chi connectivity index (χ2v) is 9.02. The summed E-state index contributed by atoms with van der Waals surface area (Å²) in [4.78, 5) is 25.5. The van der Waals surface area contributed by atoms with Gasteiger partial charge in [-0.3, -0.25) is 9.59 Å². The first-order valence-electron chi connectivity index (χ1n) is 10.3. The normalized spacial score (nSPS) is 14.2. The van der Waals surface area contributed by atoms with E-state index in [1.807, 2.05) is 13.8 Å². The zero-order valence-electron chi connectivity index (χ0n) is 17.9. The Morgan fingerprint density at radius 2 is 1.70 bits per heavy atom. The second kappa shape index (κ2) is 9.59. The van der Waals surface area contributed by atoms with Gasteiger partial charge in [-0.05, 0) is 68.7 Å². The summed E-state index contributed by atoms with van der Waals surface area (Å²) < 4.78 is 5.92. The average molecular weight is 505 g/mol. The molecule has 1 heterocycles. The zero-order chi connectivity index (χ0) is 23.7. The summed E-state index contributed by atoms with van der Waals surface area (Å²) in [5.41, 5.74) is 6.39. The lowest BCUT2D eigenvalue weighted by Gasteiger charge is -2.13. The predicted octanol–water partition coefficient (Wildman–Crippen LogP) is 6.58. The maximum atomic E-state index is 12.9. The number of benzene rings is 2. The Balaban J connectivity index is 1.58. The molecule has 0 spiro atoms. The minimum absolute atomic E-state index is 0.219. The minimum atomic E-state index is -0.450. The van der Waals surface area contributed by atoms with Crippen LogP contribution in [0.5, 0.6) is 0 Å². The molecule has 2 N–H and O–H groups in total. The molecular formula is C24H20Cl3N3O3. The van der Waals surface area contributed by atoms with Gasteiger partial charge in [0, 0.05) is 33.3 Å². The van der Waals surface area contributed by atoms with Gasteiger partial charge in [0.05, 0.1) is 16.3 Å². The van der Waals surface area contributed by atoms with Crippen LogP contribution < -0.4 is 10.7 Å². The molecule has 0 radical (unpaired) electrons. The third-order valence-electron chi connectivity index (χ3n) is 5.44. The molecule has 0 aliphatic heterocycles. The number of fused-ring (bicyclic) bond motifs is 1. The number of rotatable bonds is 4. The predicted molar refractivity (Wildman–Crippen MR) is 131 cm³/mol. The van der Waals surface area contributed by atoms with Crippen LogP contribution in [0.3, 0.4) is 0 Å². The van der Waals surface area contributed by atoms with Gasteiger partial charge in [-0.2, -0.15) is 5.10 Å². The largest absolute Gasteiger partial charge is 0.455 e. The van der Waals surface area contributed by atoms with Crippen LogP contribution in [0.25, 0.3) is 0 Å². The number of aryl methyl sites for hydroxylation is 2. The number of hydrogen-bond donors (Lipinski definition) is 2. The van der Waals surface area contributed by atoms with Crippen molar-refractivity contribution < 1.29 is 14.0 Å². The summed E-state index contributed by atoms with van der Waals surface area (Å²) >= 11 is 18.0. The van der Waals surface area contributed by atoms with Crippen molar-refractivity contribution in [1.82, 2.24) is 5.43 Å². The Labute approximate surface area is 205 Å². The quantitative estimate of drug-likeness (QED) is 0.394. The molecule has 9 heteroatoms. The maximum absolute atomic E-state index is 12.9. The lowest BCUT2D eigenvalue weighted by Crippen LogP contribution is -2.22. The molecule has 0 fully saturated rings. The highest BCUT2D eigenvalue weighted by molar-refractivity contribution is 6.36. The Kier molecular flexibility index (Phi) is 6.79. The fourth-order valence-electron chi connectivity index (χ4n) is 3.80. The van der Waals surface area contributed by atoms with E-state index < -0.39 is 5.91 Å². The molecule has 1 aliphatic carbocycles. The van der Waals surface area contributed by atoms with Gasteiger partial charge in [0.15, 0.2) is 5.76 Å². The van der Waals surface area contributed by atoms with E-state index in [0.29, 0.717) is 45.6 Å². The van der Waals surface area contributed by atoms with E-state index in [1.54, 1.807) is 24.3 Å². The number of nitrogens with zero attached hydrogens (tertiary/aromatic N) is 1. The average Bonchev–Trinajstić information content (AvgIpc) is 3.11. The summed E-state index contributed by atoms with van der Waals surface area (Å²) in [7, 11) is 0. The van der Waals surface area contributed by atoms with Crippen molar-refractivity contribution in [3.05, 3.63) is 85.2 Å². The SMILES string of the molecule is Cc1cc(Cl)ccc1NC(=O)c1oc2c(c1C)/C(=N/NC(=O)c1ccc(Cl)cc1Cl)CCC2. The molecule has 0 atom stereocenters.